The Bertz CT molecular complexity index is 487. The van der Waals surface area contributed by atoms with Gasteiger partial charge >= 0.3 is 0 Å². The first-order valence-electron chi connectivity index (χ1n) is 6.15. The second-order valence-corrected chi connectivity index (χ2v) is 5.38. The zero-order chi connectivity index (χ0) is 14.0. The molecule has 0 aliphatic carbocycles. The molecule has 1 aliphatic heterocycles. The highest BCUT2D eigenvalue weighted by molar-refractivity contribution is 9.10. The fourth-order valence-electron chi connectivity index (χ4n) is 2.33. The minimum atomic E-state index is -0.111. The van der Waals surface area contributed by atoms with E-state index < -0.39 is 0 Å². The smallest absolute Gasteiger partial charge is 0.172 e. The van der Waals surface area contributed by atoms with Gasteiger partial charge < -0.3 is 14.2 Å². The lowest BCUT2D eigenvalue weighted by Gasteiger charge is -2.16. The Morgan fingerprint density at radius 1 is 1.32 bits per heavy atom. The minimum absolute atomic E-state index is 0.0488. The molecule has 104 valence electrons. The van der Waals surface area contributed by atoms with Gasteiger partial charge in [-0.05, 0) is 41.4 Å². The number of ketones is 1. The molecule has 0 bridgehead atoms. The molecule has 0 N–H and O–H groups in total. The molecule has 1 fully saturated rings. The van der Waals surface area contributed by atoms with Crippen LogP contribution in [0.3, 0.4) is 0 Å². The Balaban J connectivity index is 2.39. The zero-order valence-electron chi connectivity index (χ0n) is 11.2. The average Bonchev–Trinajstić information content (AvgIpc) is 2.83. The molecule has 1 saturated heterocycles. The van der Waals surface area contributed by atoms with Gasteiger partial charge in [-0.15, -0.1) is 0 Å². The third-order valence-corrected chi connectivity index (χ3v) is 4.07. The summed E-state index contributed by atoms with van der Waals surface area (Å²) in [6.07, 6.45) is 0.702. The molecule has 0 amide bonds. The highest BCUT2D eigenvalue weighted by Crippen LogP contribution is 2.35. The summed E-state index contributed by atoms with van der Waals surface area (Å²) >= 11 is 3.39. The molecule has 1 aromatic rings. The third-order valence-electron chi connectivity index (χ3n) is 3.45. The monoisotopic (exact) mass is 328 g/mol. The lowest BCUT2D eigenvalue weighted by molar-refractivity contribution is 0.0761. The van der Waals surface area contributed by atoms with Crippen molar-refractivity contribution in [3.05, 3.63) is 22.2 Å². The van der Waals surface area contributed by atoms with Crippen LogP contribution in [0.15, 0.2) is 16.6 Å². The lowest BCUT2D eigenvalue weighted by atomic mass is 9.92. The Labute approximate surface area is 121 Å². The van der Waals surface area contributed by atoms with Crippen LogP contribution in [0, 0.1) is 5.92 Å². The van der Waals surface area contributed by atoms with E-state index in [0.717, 1.165) is 10.9 Å². The van der Waals surface area contributed by atoms with Crippen LogP contribution in [0.2, 0.25) is 0 Å². The fourth-order valence-corrected chi connectivity index (χ4v) is 2.81. The Hall–Kier alpha value is -1.07. The first-order chi connectivity index (χ1) is 9.08. The molecular formula is C14H17BrO4. The standard InChI is InChI=1S/C14H17BrO4/c1-8-9(4-5-19-8)14(16)10-6-13(18-3)11(15)7-12(10)17-2/h6-9H,4-5H2,1-3H3. The normalized spacial score (nSPS) is 22.3. The van der Waals surface area contributed by atoms with Gasteiger partial charge in [0.1, 0.15) is 11.5 Å². The quantitative estimate of drug-likeness (QED) is 0.797. The van der Waals surface area contributed by atoms with E-state index >= 15 is 0 Å². The molecule has 2 rings (SSSR count). The molecule has 0 saturated carbocycles. The van der Waals surface area contributed by atoms with Crippen molar-refractivity contribution < 1.29 is 19.0 Å². The van der Waals surface area contributed by atoms with Crippen LogP contribution in [0.25, 0.3) is 0 Å². The number of carbonyl (C=O) groups is 1. The van der Waals surface area contributed by atoms with E-state index in [1.807, 2.05) is 6.92 Å². The molecule has 4 nitrogen and oxygen atoms in total. The number of Topliss-reactive ketones (excluding diaryl/α,β-unsaturated/α-hetero) is 1. The van der Waals surface area contributed by atoms with E-state index in [9.17, 15) is 4.79 Å². The van der Waals surface area contributed by atoms with Crippen molar-refractivity contribution in [2.45, 2.75) is 19.4 Å². The summed E-state index contributed by atoms with van der Waals surface area (Å²) < 4.78 is 16.8. The Morgan fingerprint density at radius 2 is 2.00 bits per heavy atom. The summed E-state index contributed by atoms with van der Waals surface area (Å²) in [6.45, 7) is 2.56. The molecule has 0 spiro atoms. The predicted octanol–water partition coefficient (Wildman–Crippen LogP) is 3.07. The number of ether oxygens (including phenoxy) is 3. The Morgan fingerprint density at radius 3 is 2.53 bits per heavy atom. The van der Waals surface area contributed by atoms with E-state index in [-0.39, 0.29) is 17.8 Å². The van der Waals surface area contributed by atoms with Crippen molar-refractivity contribution in [1.29, 1.82) is 0 Å². The van der Waals surface area contributed by atoms with Gasteiger partial charge in [0, 0.05) is 6.61 Å². The molecule has 19 heavy (non-hydrogen) atoms. The number of hydrogen-bond acceptors (Lipinski definition) is 4. The van der Waals surface area contributed by atoms with Gasteiger partial charge in [0.15, 0.2) is 5.78 Å². The molecule has 0 aromatic heterocycles. The van der Waals surface area contributed by atoms with Gasteiger partial charge in [0.2, 0.25) is 0 Å². The van der Waals surface area contributed by atoms with Gasteiger partial charge in [-0.25, -0.2) is 0 Å². The van der Waals surface area contributed by atoms with Crippen LogP contribution in [0.1, 0.15) is 23.7 Å². The largest absolute Gasteiger partial charge is 0.496 e. The average molecular weight is 329 g/mol. The summed E-state index contributed by atoms with van der Waals surface area (Å²) in [5.74, 6) is 1.11. The first kappa shape index (κ1) is 14.3. The summed E-state index contributed by atoms with van der Waals surface area (Å²) in [5.41, 5.74) is 0.546. The van der Waals surface area contributed by atoms with E-state index in [2.05, 4.69) is 15.9 Å². The maximum absolute atomic E-state index is 12.6. The topological polar surface area (TPSA) is 44.8 Å². The van der Waals surface area contributed by atoms with Gasteiger partial charge in [0.05, 0.1) is 36.3 Å². The molecule has 0 radical (unpaired) electrons. The second kappa shape index (κ2) is 5.92. The van der Waals surface area contributed by atoms with E-state index in [0.29, 0.717) is 23.7 Å². The maximum atomic E-state index is 12.6. The number of rotatable bonds is 4. The molecule has 2 unspecified atom stereocenters. The summed E-state index contributed by atoms with van der Waals surface area (Å²) in [7, 11) is 3.13. The molecular weight excluding hydrogens is 312 g/mol. The highest BCUT2D eigenvalue weighted by Gasteiger charge is 2.33. The van der Waals surface area contributed by atoms with Gasteiger partial charge in [-0.1, -0.05) is 0 Å². The van der Waals surface area contributed by atoms with Crippen LogP contribution < -0.4 is 9.47 Å². The molecule has 1 aromatic carbocycles. The van der Waals surface area contributed by atoms with Gasteiger partial charge in [-0.2, -0.15) is 0 Å². The van der Waals surface area contributed by atoms with Crippen LogP contribution in [0.4, 0.5) is 0 Å². The summed E-state index contributed by atoms with van der Waals surface area (Å²) in [4.78, 5) is 12.6. The van der Waals surface area contributed by atoms with Crippen LogP contribution in [-0.4, -0.2) is 32.7 Å². The maximum Gasteiger partial charge on any atom is 0.172 e. The van der Waals surface area contributed by atoms with Gasteiger partial charge in [0.25, 0.3) is 0 Å². The molecule has 1 heterocycles. The zero-order valence-corrected chi connectivity index (χ0v) is 12.8. The van der Waals surface area contributed by atoms with E-state index in [4.69, 9.17) is 14.2 Å². The van der Waals surface area contributed by atoms with Crippen molar-refractivity contribution in [2.75, 3.05) is 20.8 Å². The van der Waals surface area contributed by atoms with Crippen molar-refractivity contribution in [2.24, 2.45) is 5.92 Å². The second-order valence-electron chi connectivity index (χ2n) is 4.52. The van der Waals surface area contributed by atoms with Crippen LogP contribution in [-0.2, 0) is 4.74 Å². The van der Waals surface area contributed by atoms with Gasteiger partial charge in [-0.3, -0.25) is 4.79 Å². The third kappa shape index (κ3) is 2.77. The minimum Gasteiger partial charge on any atom is -0.496 e. The number of methoxy groups -OCH3 is 2. The first-order valence-corrected chi connectivity index (χ1v) is 6.95. The van der Waals surface area contributed by atoms with E-state index in [1.165, 1.54) is 0 Å². The number of carbonyl (C=O) groups excluding carboxylic acids is 1. The molecule has 2 atom stereocenters. The lowest BCUT2D eigenvalue weighted by Crippen LogP contribution is -2.22. The SMILES string of the molecule is COc1cc(C(=O)C2CCOC2C)c(OC)cc1Br. The number of benzene rings is 1. The van der Waals surface area contributed by atoms with E-state index in [1.54, 1.807) is 26.4 Å². The van der Waals surface area contributed by atoms with Crippen LogP contribution >= 0.6 is 15.9 Å². The fraction of sp³-hybridized carbons (Fsp3) is 0.500. The highest BCUT2D eigenvalue weighted by atomic mass is 79.9. The van der Waals surface area contributed by atoms with Crippen LogP contribution in [0.5, 0.6) is 11.5 Å². The summed E-state index contributed by atoms with van der Waals surface area (Å²) in [6, 6.07) is 3.48. The van der Waals surface area contributed by atoms with Crippen molar-refractivity contribution in [1.82, 2.24) is 0 Å². The number of hydrogen-bond donors (Lipinski definition) is 0. The molecule has 1 aliphatic rings. The predicted molar refractivity (Wildman–Crippen MR) is 75.1 cm³/mol. The Kier molecular flexibility index (Phi) is 4.47. The van der Waals surface area contributed by atoms with Crippen molar-refractivity contribution in [3.8, 4) is 11.5 Å². The van der Waals surface area contributed by atoms with Crippen molar-refractivity contribution in [3.63, 3.8) is 0 Å². The summed E-state index contributed by atoms with van der Waals surface area (Å²) in [5, 5.41) is 0. The van der Waals surface area contributed by atoms with Crippen molar-refractivity contribution >= 4 is 21.7 Å². The molecule has 5 heteroatoms. The number of halogens is 1.